The molecule has 0 aromatic carbocycles. The van der Waals surface area contributed by atoms with E-state index in [1.165, 1.54) is 58.2 Å². The summed E-state index contributed by atoms with van der Waals surface area (Å²) in [6.07, 6.45) is 8.43. The van der Waals surface area contributed by atoms with E-state index in [1.807, 2.05) is 0 Å². The van der Waals surface area contributed by atoms with Crippen molar-refractivity contribution in [3.8, 4) is 0 Å². The summed E-state index contributed by atoms with van der Waals surface area (Å²) in [5.74, 6) is 1.74. The van der Waals surface area contributed by atoms with Gasteiger partial charge in [-0.2, -0.15) is 0 Å². The van der Waals surface area contributed by atoms with E-state index >= 15 is 0 Å². The van der Waals surface area contributed by atoms with E-state index in [-0.39, 0.29) is 0 Å². The quantitative estimate of drug-likeness (QED) is 0.837. The summed E-state index contributed by atoms with van der Waals surface area (Å²) in [4.78, 5) is 2.47. The number of likely N-dealkylation sites (tertiary alicyclic amines) is 1. The molecule has 2 rings (SSSR count). The Morgan fingerprint density at radius 2 is 1.79 bits per heavy atom. The fourth-order valence-corrected chi connectivity index (χ4v) is 3.92. The van der Waals surface area contributed by atoms with Gasteiger partial charge in [0.1, 0.15) is 0 Å². The zero-order chi connectivity index (χ0) is 13.9. The van der Waals surface area contributed by atoms with Crippen molar-refractivity contribution in [2.45, 2.75) is 65.3 Å². The number of hydrogen-bond donors (Lipinski definition) is 1. The number of hydrogen-bond acceptors (Lipinski definition) is 2. The third-order valence-electron chi connectivity index (χ3n) is 5.66. The Morgan fingerprint density at radius 1 is 1.16 bits per heavy atom. The molecule has 0 aromatic heterocycles. The highest BCUT2D eigenvalue weighted by Crippen LogP contribution is 2.33. The molecular weight excluding hydrogens is 232 g/mol. The fourth-order valence-electron chi connectivity index (χ4n) is 3.92. The van der Waals surface area contributed by atoms with Crippen LogP contribution in [-0.2, 0) is 0 Å². The lowest BCUT2D eigenvalue weighted by molar-refractivity contribution is 0.118. The summed E-state index contributed by atoms with van der Waals surface area (Å²) in [6, 6.07) is 0.783. The number of nitrogens with one attached hydrogen (secondary N) is 1. The molecule has 1 aliphatic heterocycles. The van der Waals surface area contributed by atoms with Crippen LogP contribution in [0.15, 0.2) is 0 Å². The van der Waals surface area contributed by atoms with Crippen molar-refractivity contribution < 1.29 is 0 Å². The molecule has 1 N–H and O–H groups in total. The van der Waals surface area contributed by atoms with Gasteiger partial charge in [0.05, 0.1) is 0 Å². The van der Waals surface area contributed by atoms with E-state index in [4.69, 9.17) is 0 Å². The van der Waals surface area contributed by atoms with Crippen LogP contribution >= 0.6 is 0 Å². The van der Waals surface area contributed by atoms with Crippen LogP contribution in [0.3, 0.4) is 0 Å². The number of piperidine rings is 1. The highest BCUT2D eigenvalue weighted by molar-refractivity contribution is 4.88. The molecule has 1 saturated heterocycles. The Balaban J connectivity index is 1.83. The summed E-state index contributed by atoms with van der Waals surface area (Å²) in [5.41, 5.74) is 0.533. The van der Waals surface area contributed by atoms with Crippen LogP contribution in [0.25, 0.3) is 0 Å². The van der Waals surface area contributed by atoms with Crippen molar-refractivity contribution in [1.82, 2.24) is 10.2 Å². The minimum Gasteiger partial charge on any atom is -0.313 e. The lowest BCUT2D eigenvalue weighted by atomic mass is 9.76. The molecule has 2 nitrogen and oxygen atoms in total. The van der Waals surface area contributed by atoms with Crippen LogP contribution in [0, 0.1) is 17.3 Å². The molecule has 2 aliphatic rings. The Labute approximate surface area is 120 Å². The van der Waals surface area contributed by atoms with Crippen LogP contribution in [0.2, 0.25) is 0 Å². The lowest BCUT2D eigenvalue weighted by Crippen LogP contribution is -2.48. The van der Waals surface area contributed by atoms with Gasteiger partial charge in [-0.1, -0.05) is 33.6 Å². The van der Waals surface area contributed by atoms with Gasteiger partial charge < -0.3 is 10.2 Å². The first-order valence-electron chi connectivity index (χ1n) is 8.42. The first-order valence-corrected chi connectivity index (χ1v) is 8.42. The minimum atomic E-state index is 0.533. The van der Waals surface area contributed by atoms with Gasteiger partial charge in [0.15, 0.2) is 0 Å². The minimum absolute atomic E-state index is 0.533. The molecule has 19 heavy (non-hydrogen) atoms. The fraction of sp³-hybridized carbons (Fsp3) is 1.00. The first-order chi connectivity index (χ1) is 9.00. The van der Waals surface area contributed by atoms with Gasteiger partial charge in [-0.05, 0) is 63.1 Å². The molecule has 0 amide bonds. The Morgan fingerprint density at radius 3 is 2.42 bits per heavy atom. The van der Waals surface area contributed by atoms with Crippen molar-refractivity contribution in [2.24, 2.45) is 17.3 Å². The summed E-state index contributed by atoms with van der Waals surface area (Å²) < 4.78 is 0. The Kier molecular flexibility index (Phi) is 5.30. The second-order valence-corrected chi connectivity index (χ2v) is 7.79. The molecule has 2 unspecified atom stereocenters. The maximum Gasteiger partial charge on any atom is 0.00979 e. The molecule has 1 saturated carbocycles. The summed E-state index contributed by atoms with van der Waals surface area (Å²) >= 11 is 0. The van der Waals surface area contributed by atoms with Crippen LogP contribution < -0.4 is 5.32 Å². The van der Waals surface area contributed by atoms with Gasteiger partial charge in [0.25, 0.3) is 0 Å². The van der Waals surface area contributed by atoms with Crippen molar-refractivity contribution >= 4 is 0 Å². The van der Waals surface area contributed by atoms with Crippen LogP contribution in [0.5, 0.6) is 0 Å². The highest BCUT2D eigenvalue weighted by Gasteiger charge is 2.32. The molecule has 0 bridgehead atoms. The lowest BCUT2D eigenvalue weighted by Gasteiger charge is -2.41. The molecule has 0 spiro atoms. The van der Waals surface area contributed by atoms with Gasteiger partial charge in [0, 0.05) is 12.6 Å². The van der Waals surface area contributed by atoms with Crippen molar-refractivity contribution in [1.29, 1.82) is 0 Å². The largest absolute Gasteiger partial charge is 0.313 e. The van der Waals surface area contributed by atoms with E-state index in [2.05, 4.69) is 38.0 Å². The topological polar surface area (TPSA) is 15.3 Å². The van der Waals surface area contributed by atoms with E-state index in [0.29, 0.717) is 5.41 Å². The standard InChI is InChI=1S/C17H34N2/c1-14(2)15-7-5-6-8-16(15)18-13-17(3)9-11-19(4)12-10-17/h14-16,18H,5-13H2,1-4H3. The predicted molar refractivity (Wildman–Crippen MR) is 83.4 cm³/mol. The highest BCUT2D eigenvalue weighted by atomic mass is 15.1. The molecule has 0 aromatic rings. The van der Waals surface area contributed by atoms with Crippen LogP contribution in [-0.4, -0.2) is 37.6 Å². The molecule has 112 valence electrons. The number of rotatable bonds is 4. The third-order valence-corrected chi connectivity index (χ3v) is 5.66. The molecule has 2 atom stereocenters. The van der Waals surface area contributed by atoms with E-state index < -0.39 is 0 Å². The average molecular weight is 266 g/mol. The van der Waals surface area contributed by atoms with Crippen LogP contribution in [0.1, 0.15) is 59.3 Å². The Bertz CT molecular complexity index is 266. The predicted octanol–water partition coefficient (Wildman–Crippen LogP) is 3.52. The summed E-state index contributed by atoms with van der Waals surface area (Å²) in [7, 11) is 2.25. The monoisotopic (exact) mass is 266 g/mol. The zero-order valence-electron chi connectivity index (χ0n) is 13.5. The smallest absolute Gasteiger partial charge is 0.00979 e. The summed E-state index contributed by atoms with van der Waals surface area (Å²) in [5, 5.41) is 3.96. The molecule has 2 heteroatoms. The average Bonchev–Trinajstić information content (AvgIpc) is 2.41. The molecule has 0 radical (unpaired) electrons. The van der Waals surface area contributed by atoms with Gasteiger partial charge in [0.2, 0.25) is 0 Å². The molecule has 2 fully saturated rings. The summed E-state index contributed by atoms with van der Waals surface area (Å²) in [6.45, 7) is 11.1. The van der Waals surface area contributed by atoms with Gasteiger partial charge >= 0.3 is 0 Å². The molecule has 1 aliphatic carbocycles. The van der Waals surface area contributed by atoms with Crippen LogP contribution in [0.4, 0.5) is 0 Å². The third kappa shape index (κ3) is 4.19. The second kappa shape index (κ2) is 6.58. The SMILES string of the molecule is CC(C)C1CCCCC1NCC1(C)CCN(C)CC1. The maximum absolute atomic E-state index is 3.96. The Hall–Kier alpha value is -0.0800. The van der Waals surface area contributed by atoms with Crippen molar-refractivity contribution in [2.75, 3.05) is 26.7 Å². The van der Waals surface area contributed by atoms with E-state index in [0.717, 1.165) is 17.9 Å². The zero-order valence-corrected chi connectivity index (χ0v) is 13.5. The van der Waals surface area contributed by atoms with Gasteiger partial charge in [-0.25, -0.2) is 0 Å². The van der Waals surface area contributed by atoms with Gasteiger partial charge in [-0.3, -0.25) is 0 Å². The number of nitrogens with zero attached hydrogens (tertiary/aromatic N) is 1. The second-order valence-electron chi connectivity index (χ2n) is 7.79. The first kappa shape index (κ1) is 15.3. The molecular formula is C17H34N2. The van der Waals surface area contributed by atoms with E-state index in [9.17, 15) is 0 Å². The maximum atomic E-state index is 3.96. The van der Waals surface area contributed by atoms with Crippen molar-refractivity contribution in [3.05, 3.63) is 0 Å². The van der Waals surface area contributed by atoms with E-state index in [1.54, 1.807) is 0 Å². The normalized spacial score (nSPS) is 32.7. The van der Waals surface area contributed by atoms with Gasteiger partial charge in [-0.15, -0.1) is 0 Å². The molecule has 1 heterocycles. The van der Waals surface area contributed by atoms with Crippen molar-refractivity contribution in [3.63, 3.8) is 0 Å².